The highest BCUT2D eigenvalue weighted by Gasteiger charge is 2.03. The van der Waals surface area contributed by atoms with Crippen molar-refractivity contribution in [2.24, 2.45) is 0 Å². The molecule has 5 heteroatoms. The second-order valence-corrected chi connectivity index (χ2v) is 4.32. The van der Waals surface area contributed by atoms with Crippen molar-refractivity contribution in [2.75, 3.05) is 0 Å². The molecule has 0 amide bonds. The second-order valence-electron chi connectivity index (χ2n) is 1.91. The summed E-state index contributed by atoms with van der Waals surface area (Å²) in [6.07, 6.45) is 5.26. The maximum Gasteiger partial charge on any atom is 0.166 e. The highest BCUT2D eigenvalue weighted by molar-refractivity contribution is 9.11. The minimum absolute atomic E-state index is 0.820. The molecule has 0 aliphatic rings. The minimum atomic E-state index is 0.820. The summed E-state index contributed by atoms with van der Waals surface area (Å²) in [5.41, 5.74) is 0. The number of nitrogens with one attached hydrogen (secondary N) is 1. The third kappa shape index (κ3) is 1.34. The van der Waals surface area contributed by atoms with Crippen molar-refractivity contribution in [1.29, 1.82) is 0 Å². The highest BCUT2D eigenvalue weighted by Crippen LogP contribution is 2.25. The number of hydrogen-bond acceptors (Lipinski definition) is 3. The van der Waals surface area contributed by atoms with Crippen molar-refractivity contribution < 1.29 is 0 Å². The van der Waals surface area contributed by atoms with Gasteiger partial charge in [0.15, 0.2) is 10.8 Å². The molecule has 0 bridgehead atoms. The molecule has 0 aliphatic heterocycles. The van der Waals surface area contributed by atoms with E-state index >= 15 is 0 Å². The smallest absolute Gasteiger partial charge is 0.166 e. The Morgan fingerprint density at radius 1 is 1.45 bits per heavy atom. The summed E-state index contributed by atoms with van der Waals surface area (Å²) in [6.45, 7) is 0. The van der Waals surface area contributed by atoms with Crippen molar-refractivity contribution in [2.45, 2.75) is 0 Å². The molecule has 0 atom stereocenters. The molecule has 0 saturated heterocycles. The van der Waals surface area contributed by atoms with Crippen molar-refractivity contribution in [3.63, 3.8) is 0 Å². The topological polar surface area (TPSA) is 41.6 Å². The molecular weight excluding hydrogens is 226 g/mol. The molecule has 0 aliphatic carbocycles. The SMILES string of the molecule is Brc1cnc(-c2ncc[nH]2)s1. The largest absolute Gasteiger partial charge is 0.343 e. The number of hydrogen-bond donors (Lipinski definition) is 1. The normalized spacial score (nSPS) is 10.3. The van der Waals surface area contributed by atoms with Gasteiger partial charge >= 0.3 is 0 Å². The molecule has 0 spiro atoms. The van der Waals surface area contributed by atoms with Gasteiger partial charge in [0.25, 0.3) is 0 Å². The fourth-order valence-electron chi connectivity index (χ4n) is 0.746. The standard InChI is InChI=1S/C6H4BrN3S/c7-4-3-10-6(11-4)5-8-1-2-9-5/h1-3H,(H,8,9). The molecule has 1 N–H and O–H groups in total. The van der Waals surface area contributed by atoms with Gasteiger partial charge in [-0.15, -0.1) is 11.3 Å². The van der Waals surface area contributed by atoms with Crippen molar-refractivity contribution in [3.05, 3.63) is 22.4 Å². The Balaban J connectivity index is 2.45. The number of thiazole rings is 1. The van der Waals surface area contributed by atoms with Crippen molar-refractivity contribution in [3.8, 4) is 10.8 Å². The van der Waals surface area contributed by atoms with Crippen LogP contribution in [0.2, 0.25) is 0 Å². The van der Waals surface area contributed by atoms with Gasteiger partial charge in [-0.2, -0.15) is 0 Å². The van der Waals surface area contributed by atoms with Crippen LogP contribution in [0.25, 0.3) is 10.8 Å². The van der Waals surface area contributed by atoms with E-state index in [-0.39, 0.29) is 0 Å². The zero-order valence-corrected chi connectivity index (χ0v) is 7.82. The van der Waals surface area contributed by atoms with Crippen LogP contribution in [0.5, 0.6) is 0 Å². The first-order valence-electron chi connectivity index (χ1n) is 2.97. The Labute approximate surface area is 75.6 Å². The lowest BCUT2D eigenvalue weighted by Crippen LogP contribution is -1.75. The zero-order valence-electron chi connectivity index (χ0n) is 5.41. The number of aromatic nitrogens is 3. The molecule has 3 nitrogen and oxygen atoms in total. The lowest BCUT2D eigenvalue weighted by molar-refractivity contribution is 1.27. The molecule has 0 fully saturated rings. The van der Waals surface area contributed by atoms with Crippen LogP contribution in [-0.4, -0.2) is 15.0 Å². The minimum Gasteiger partial charge on any atom is -0.343 e. The first kappa shape index (κ1) is 7.00. The number of rotatable bonds is 1. The molecule has 2 aromatic rings. The average Bonchev–Trinajstić information content (AvgIpc) is 2.55. The van der Waals surface area contributed by atoms with E-state index in [0.29, 0.717) is 0 Å². The number of aromatic amines is 1. The Morgan fingerprint density at radius 2 is 2.36 bits per heavy atom. The Bertz CT molecular complexity index is 340. The van der Waals surface area contributed by atoms with Crippen LogP contribution in [0.4, 0.5) is 0 Å². The Hall–Kier alpha value is -0.680. The van der Waals surface area contributed by atoms with Gasteiger partial charge in [-0.3, -0.25) is 0 Å². The van der Waals surface area contributed by atoms with Crippen LogP contribution in [0, 0.1) is 0 Å². The van der Waals surface area contributed by atoms with E-state index in [0.717, 1.165) is 14.6 Å². The number of nitrogens with zero attached hydrogens (tertiary/aromatic N) is 2. The lowest BCUT2D eigenvalue weighted by Gasteiger charge is -1.83. The molecular formula is C6H4BrN3S. The molecule has 2 heterocycles. The highest BCUT2D eigenvalue weighted by atomic mass is 79.9. The van der Waals surface area contributed by atoms with Crippen LogP contribution in [-0.2, 0) is 0 Å². The fourth-order valence-corrected chi connectivity index (χ4v) is 1.91. The number of halogens is 1. The summed E-state index contributed by atoms with van der Waals surface area (Å²) in [4.78, 5) is 11.2. The lowest BCUT2D eigenvalue weighted by atomic mass is 10.7. The van der Waals surface area contributed by atoms with E-state index in [4.69, 9.17) is 0 Å². The van der Waals surface area contributed by atoms with Gasteiger partial charge < -0.3 is 4.98 Å². The molecule has 0 aromatic carbocycles. The predicted octanol–water partition coefficient (Wildman–Crippen LogP) is 2.30. The van der Waals surface area contributed by atoms with E-state index in [2.05, 4.69) is 30.9 Å². The third-order valence-electron chi connectivity index (χ3n) is 1.18. The van der Waals surface area contributed by atoms with E-state index < -0.39 is 0 Å². The van der Waals surface area contributed by atoms with Gasteiger partial charge in [-0.1, -0.05) is 0 Å². The molecule has 0 saturated carbocycles. The Morgan fingerprint density at radius 3 is 2.91 bits per heavy atom. The average molecular weight is 230 g/mol. The summed E-state index contributed by atoms with van der Waals surface area (Å²) in [6, 6.07) is 0. The molecule has 2 rings (SSSR count). The summed E-state index contributed by atoms with van der Waals surface area (Å²) in [5.74, 6) is 0.820. The molecule has 56 valence electrons. The van der Waals surface area contributed by atoms with Gasteiger partial charge in [-0.05, 0) is 15.9 Å². The fraction of sp³-hybridized carbons (Fsp3) is 0. The van der Waals surface area contributed by atoms with Crippen LogP contribution in [0.3, 0.4) is 0 Å². The monoisotopic (exact) mass is 229 g/mol. The van der Waals surface area contributed by atoms with Gasteiger partial charge in [0, 0.05) is 12.4 Å². The van der Waals surface area contributed by atoms with Crippen molar-refractivity contribution >= 4 is 27.3 Å². The van der Waals surface area contributed by atoms with Crippen LogP contribution >= 0.6 is 27.3 Å². The number of H-pyrrole nitrogens is 1. The quantitative estimate of drug-likeness (QED) is 0.816. The molecule has 0 radical (unpaired) electrons. The van der Waals surface area contributed by atoms with E-state index in [9.17, 15) is 0 Å². The summed E-state index contributed by atoms with van der Waals surface area (Å²) in [7, 11) is 0. The van der Waals surface area contributed by atoms with E-state index in [1.165, 1.54) is 0 Å². The number of imidazole rings is 1. The third-order valence-corrected chi connectivity index (χ3v) is 2.66. The Kier molecular flexibility index (Phi) is 1.75. The molecule has 11 heavy (non-hydrogen) atoms. The molecule has 2 aromatic heterocycles. The molecule has 0 unspecified atom stereocenters. The van der Waals surface area contributed by atoms with Gasteiger partial charge in [0.1, 0.15) is 0 Å². The van der Waals surface area contributed by atoms with Crippen LogP contribution < -0.4 is 0 Å². The van der Waals surface area contributed by atoms with E-state index in [1.807, 2.05) is 0 Å². The first-order valence-corrected chi connectivity index (χ1v) is 4.58. The van der Waals surface area contributed by atoms with Gasteiger partial charge in [0.05, 0.1) is 9.98 Å². The predicted molar refractivity (Wildman–Crippen MR) is 47.4 cm³/mol. The van der Waals surface area contributed by atoms with Gasteiger partial charge in [-0.25, -0.2) is 9.97 Å². The maximum absolute atomic E-state index is 4.14. The van der Waals surface area contributed by atoms with Crippen LogP contribution in [0.1, 0.15) is 0 Å². The van der Waals surface area contributed by atoms with Crippen molar-refractivity contribution in [1.82, 2.24) is 15.0 Å². The van der Waals surface area contributed by atoms with Gasteiger partial charge in [0.2, 0.25) is 0 Å². The maximum atomic E-state index is 4.14. The summed E-state index contributed by atoms with van der Waals surface area (Å²) in [5, 5.41) is 0.905. The first-order chi connectivity index (χ1) is 5.36. The summed E-state index contributed by atoms with van der Waals surface area (Å²) >= 11 is 4.89. The summed E-state index contributed by atoms with van der Waals surface area (Å²) < 4.78 is 1.02. The van der Waals surface area contributed by atoms with E-state index in [1.54, 1.807) is 29.9 Å². The zero-order chi connectivity index (χ0) is 7.68. The second kappa shape index (κ2) is 2.75. The van der Waals surface area contributed by atoms with Crippen LogP contribution in [0.15, 0.2) is 22.4 Å².